The molecule has 1 aromatic rings. The van der Waals surface area contributed by atoms with E-state index >= 15 is 0 Å². The van der Waals surface area contributed by atoms with Gasteiger partial charge in [0.1, 0.15) is 5.75 Å². The van der Waals surface area contributed by atoms with E-state index in [9.17, 15) is 4.79 Å². The quantitative estimate of drug-likeness (QED) is 0.753. The first-order valence-corrected chi connectivity index (χ1v) is 6.91. The van der Waals surface area contributed by atoms with Gasteiger partial charge in [-0.1, -0.05) is 12.1 Å². The Balaban J connectivity index is 2.66. The lowest BCUT2D eigenvalue weighted by Crippen LogP contribution is -2.36. The molecule has 1 atom stereocenters. The first-order valence-electron chi connectivity index (χ1n) is 6.12. The van der Waals surface area contributed by atoms with Crippen LogP contribution in [0.25, 0.3) is 0 Å². The van der Waals surface area contributed by atoms with Crippen LogP contribution in [0.3, 0.4) is 0 Å². The summed E-state index contributed by atoms with van der Waals surface area (Å²) in [7, 11) is 0. The number of amides is 1. The molecule has 1 aromatic carbocycles. The molecule has 0 radical (unpaired) electrons. The van der Waals surface area contributed by atoms with Crippen LogP contribution >= 0.6 is 15.9 Å². The normalized spacial score (nSPS) is 11.7. The smallest absolute Gasteiger partial charge is 0.261 e. The minimum absolute atomic E-state index is 0.169. The minimum atomic E-state index is -0.559. The summed E-state index contributed by atoms with van der Waals surface area (Å²) >= 11 is 3.43. The highest BCUT2D eigenvalue weighted by Gasteiger charge is 2.15. The molecule has 3 N–H and O–H groups in total. The van der Waals surface area contributed by atoms with Crippen molar-refractivity contribution < 1.29 is 9.53 Å². The number of hydrogen-bond donors (Lipinski definition) is 2. The molecular formula is C14H19BrN2O2. The summed E-state index contributed by atoms with van der Waals surface area (Å²) in [6, 6.07) is 5.74. The molecule has 0 aliphatic rings. The molecule has 1 unspecified atom stereocenters. The third-order valence-electron chi connectivity index (χ3n) is 2.52. The molecule has 0 aliphatic heterocycles. The van der Waals surface area contributed by atoms with Crippen LogP contribution in [-0.2, 0) is 11.2 Å². The summed E-state index contributed by atoms with van der Waals surface area (Å²) in [5, 5.41) is 2.69. The fourth-order valence-corrected chi connectivity index (χ4v) is 2.04. The van der Waals surface area contributed by atoms with Crippen molar-refractivity contribution in [2.45, 2.75) is 19.4 Å². The van der Waals surface area contributed by atoms with Crippen LogP contribution < -0.4 is 15.8 Å². The summed E-state index contributed by atoms with van der Waals surface area (Å²) in [6.07, 6.45) is 1.88. The second-order valence-electron chi connectivity index (χ2n) is 4.10. The van der Waals surface area contributed by atoms with E-state index < -0.39 is 6.10 Å². The highest BCUT2D eigenvalue weighted by molar-refractivity contribution is 9.10. The first-order chi connectivity index (χ1) is 9.08. The van der Waals surface area contributed by atoms with Crippen molar-refractivity contribution in [1.29, 1.82) is 0 Å². The van der Waals surface area contributed by atoms with Crippen molar-refractivity contribution in [2.75, 3.05) is 13.1 Å². The van der Waals surface area contributed by atoms with Gasteiger partial charge >= 0.3 is 0 Å². The molecule has 0 spiro atoms. The average Bonchev–Trinajstić information content (AvgIpc) is 2.39. The molecule has 0 bridgehead atoms. The lowest BCUT2D eigenvalue weighted by molar-refractivity contribution is -0.127. The van der Waals surface area contributed by atoms with Crippen molar-refractivity contribution in [3.63, 3.8) is 0 Å². The van der Waals surface area contributed by atoms with E-state index in [-0.39, 0.29) is 5.91 Å². The van der Waals surface area contributed by atoms with E-state index in [0.29, 0.717) is 18.8 Å². The minimum Gasteiger partial charge on any atom is -0.480 e. The van der Waals surface area contributed by atoms with Gasteiger partial charge in [0.2, 0.25) is 0 Å². The Morgan fingerprint density at radius 2 is 2.37 bits per heavy atom. The van der Waals surface area contributed by atoms with Gasteiger partial charge in [0.05, 0.1) is 4.47 Å². The molecular weight excluding hydrogens is 308 g/mol. The van der Waals surface area contributed by atoms with Gasteiger partial charge in [-0.3, -0.25) is 4.79 Å². The van der Waals surface area contributed by atoms with Gasteiger partial charge in [0.25, 0.3) is 5.91 Å². The monoisotopic (exact) mass is 326 g/mol. The van der Waals surface area contributed by atoms with Crippen molar-refractivity contribution in [2.24, 2.45) is 5.73 Å². The second-order valence-corrected chi connectivity index (χ2v) is 4.95. The van der Waals surface area contributed by atoms with Crippen LogP contribution in [0.5, 0.6) is 5.75 Å². The maximum absolute atomic E-state index is 11.7. The molecule has 0 aromatic heterocycles. The molecule has 0 fully saturated rings. The molecule has 4 nitrogen and oxygen atoms in total. The SMILES string of the molecule is C=CCNC(=O)C(C)Oc1ccc(CCN)cc1Br. The van der Waals surface area contributed by atoms with Crippen molar-refractivity contribution in [3.05, 3.63) is 40.9 Å². The zero-order valence-corrected chi connectivity index (χ0v) is 12.6. The first kappa shape index (κ1) is 15.7. The van der Waals surface area contributed by atoms with Crippen LogP contribution in [0.15, 0.2) is 35.3 Å². The lowest BCUT2D eigenvalue weighted by atomic mass is 10.1. The number of ether oxygens (including phenoxy) is 1. The van der Waals surface area contributed by atoms with E-state index in [0.717, 1.165) is 16.5 Å². The van der Waals surface area contributed by atoms with E-state index in [1.165, 1.54) is 0 Å². The summed E-state index contributed by atoms with van der Waals surface area (Å²) in [6.45, 7) is 6.29. The maximum Gasteiger partial charge on any atom is 0.261 e. The fourth-order valence-electron chi connectivity index (χ4n) is 1.52. The standard InChI is InChI=1S/C14H19BrN2O2/c1-3-8-17-14(18)10(2)19-13-5-4-11(6-7-16)9-12(13)15/h3-5,9-10H,1,6-8,16H2,2H3,(H,17,18). The average molecular weight is 327 g/mol. The molecule has 1 amide bonds. The zero-order valence-electron chi connectivity index (χ0n) is 11.0. The van der Waals surface area contributed by atoms with Gasteiger partial charge in [0.15, 0.2) is 6.10 Å². The van der Waals surface area contributed by atoms with Gasteiger partial charge < -0.3 is 15.8 Å². The Morgan fingerprint density at radius 1 is 1.63 bits per heavy atom. The van der Waals surface area contributed by atoms with Crippen LogP contribution in [0.1, 0.15) is 12.5 Å². The lowest BCUT2D eigenvalue weighted by Gasteiger charge is -2.15. The molecule has 19 heavy (non-hydrogen) atoms. The molecule has 0 heterocycles. The van der Waals surface area contributed by atoms with E-state index in [1.807, 2.05) is 18.2 Å². The predicted molar refractivity (Wildman–Crippen MR) is 80.2 cm³/mol. The van der Waals surface area contributed by atoms with Gasteiger partial charge in [-0.05, 0) is 53.5 Å². The van der Waals surface area contributed by atoms with Crippen LogP contribution in [0.2, 0.25) is 0 Å². The molecule has 0 saturated heterocycles. The fraction of sp³-hybridized carbons (Fsp3) is 0.357. The molecule has 0 aliphatic carbocycles. The predicted octanol–water partition coefficient (Wildman–Crippen LogP) is 2.02. The van der Waals surface area contributed by atoms with Crippen LogP contribution in [0.4, 0.5) is 0 Å². The third-order valence-corrected chi connectivity index (χ3v) is 3.14. The second kappa shape index (κ2) is 7.96. The number of benzene rings is 1. The summed E-state index contributed by atoms with van der Waals surface area (Å²) in [5.74, 6) is 0.472. The summed E-state index contributed by atoms with van der Waals surface area (Å²) in [5.41, 5.74) is 6.64. The maximum atomic E-state index is 11.7. The third kappa shape index (κ3) is 5.04. The largest absolute Gasteiger partial charge is 0.480 e. The van der Waals surface area contributed by atoms with Gasteiger partial charge in [-0.15, -0.1) is 6.58 Å². The number of carbonyl (C=O) groups excluding carboxylic acids is 1. The van der Waals surface area contributed by atoms with Crippen molar-refractivity contribution >= 4 is 21.8 Å². The number of hydrogen-bond acceptors (Lipinski definition) is 3. The number of carbonyl (C=O) groups is 1. The highest BCUT2D eigenvalue weighted by Crippen LogP contribution is 2.27. The van der Waals surface area contributed by atoms with Crippen LogP contribution in [-0.4, -0.2) is 25.1 Å². The number of halogens is 1. The number of rotatable bonds is 7. The van der Waals surface area contributed by atoms with Gasteiger partial charge in [-0.2, -0.15) is 0 Å². The Bertz CT molecular complexity index is 449. The Labute approximate surface area is 122 Å². The van der Waals surface area contributed by atoms with Gasteiger partial charge in [0, 0.05) is 6.54 Å². The molecule has 1 rings (SSSR count). The molecule has 5 heteroatoms. The Morgan fingerprint density at radius 3 is 2.95 bits per heavy atom. The highest BCUT2D eigenvalue weighted by atomic mass is 79.9. The topological polar surface area (TPSA) is 64.3 Å². The van der Waals surface area contributed by atoms with Crippen molar-refractivity contribution in [3.8, 4) is 5.75 Å². The number of nitrogens with two attached hydrogens (primary N) is 1. The van der Waals surface area contributed by atoms with E-state index in [2.05, 4.69) is 27.8 Å². The van der Waals surface area contributed by atoms with Crippen molar-refractivity contribution in [1.82, 2.24) is 5.32 Å². The van der Waals surface area contributed by atoms with Crippen LogP contribution in [0, 0.1) is 0 Å². The Kier molecular flexibility index (Phi) is 6.59. The molecule has 0 saturated carbocycles. The summed E-state index contributed by atoms with van der Waals surface area (Å²) in [4.78, 5) is 11.7. The summed E-state index contributed by atoms with van der Waals surface area (Å²) < 4.78 is 6.43. The van der Waals surface area contributed by atoms with E-state index in [1.54, 1.807) is 13.0 Å². The van der Waals surface area contributed by atoms with Gasteiger partial charge in [-0.25, -0.2) is 0 Å². The van der Waals surface area contributed by atoms with E-state index in [4.69, 9.17) is 10.5 Å². The Hall–Kier alpha value is -1.33. The molecule has 104 valence electrons. The zero-order chi connectivity index (χ0) is 14.3. The number of nitrogens with one attached hydrogen (secondary N) is 1.